The number of aliphatic hydroxyl groups is 1. The summed E-state index contributed by atoms with van der Waals surface area (Å²) in [6.45, 7) is 4.43. The summed E-state index contributed by atoms with van der Waals surface area (Å²) in [4.78, 5) is 73.2. The van der Waals surface area contributed by atoms with E-state index in [1.54, 1.807) is 0 Å². The predicted octanol–water partition coefficient (Wildman–Crippen LogP) is 24.6. The van der Waals surface area contributed by atoms with Crippen LogP contribution in [0.5, 0.6) is 0 Å². The fraction of sp³-hybridized carbons (Fsp3) is 0.640. The van der Waals surface area contributed by atoms with E-state index >= 15 is 0 Å². The number of carbonyl (C=O) groups excluding carboxylic acids is 4. The maximum Gasteiger partial charge on any atom is 0.472 e. The molecule has 0 spiro atoms. The molecular weight excluding hydrogens is 1400 g/mol. The van der Waals surface area contributed by atoms with Gasteiger partial charge in [0.25, 0.3) is 0 Å². The van der Waals surface area contributed by atoms with Crippen LogP contribution in [-0.2, 0) is 65.4 Å². The van der Waals surface area contributed by atoms with Crippen molar-refractivity contribution in [2.75, 3.05) is 39.6 Å². The molecule has 0 aliphatic rings. The summed E-state index contributed by atoms with van der Waals surface area (Å²) >= 11 is 0. The number of unbranched alkanes of at least 4 members (excludes halogenated alkanes) is 22. The van der Waals surface area contributed by atoms with Gasteiger partial charge in [-0.05, 0) is 173 Å². The molecule has 0 amide bonds. The Hall–Kier alpha value is -5.58. The molecule has 0 aromatic carbocycles. The van der Waals surface area contributed by atoms with Crippen molar-refractivity contribution in [2.24, 2.45) is 0 Å². The first-order chi connectivity index (χ1) is 52.7. The van der Waals surface area contributed by atoms with Gasteiger partial charge in [0.2, 0.25) is 0 Å². The summed E-state index contributed by atoms with van der Waals surface area (Å²) in [5, 5.41) is 10.7. The highest BCUT2D eigenvalue weighted by molar-refractivity contribution is 7.47. The lowest BCUT2D eigenvalue weighted by atomic mass is 10.1. The summed E-state index contributed by atoms with van der Waals surface area (Å²) in [7, 11) is -10.00. The van der Waals surface area contributed by atoms with Crippen LogP contribution in [0, 0.1) is 0 Å². The zero-order valence-electron chi connectivity index (χ0n) is 67.2. The van der Waals surface area contributed by atoms with Crippen molar-refractivity contribution in [1.29, 1.82) is 0 Å². The molecule has 0 rings (SSSR count). The van der Waals surface area contributed by atoms with Crippen LogP contribution in [0.1, 0.15) is 310 Å². The van der Waals surface area contributed by atoms with E-state index < -0.39 is 97.5 Å². The van der Waals surface area contributed by atoms with E-state index in [0.29, 0.717) is 25.7 Å². The molecule has 0 aliphatic carbocycles. The Labute approximate surface area is 654 Å². The minimum atomic E-state index is -5.00. The maximum absolute atomic E-state index is 13.1. The number of rotatable bonds is 76. The summed E-state index contributed by atoms with van der Waals surface area (Å²) in [5.74, 6) is -2.27. The molecule has 0 saturated carbocycles. The summed E-state index contributed by atoms with van der Waals surface area (Å²) in [6.07, 6.45) is 94.6. The van der Waals surface area contributed by atoms with Gasteiger partial charge in [0.15, 0.2) is 12.2 Å². The molecule has 0 aromatic rings. The van der Waals surface area contributed by atoms with Gasteiger partial charge in [-0.15, -0.1) is 0 Å². The highest BCUT2D eigenvalue weighted by Crippen LogP contribution is 2.45. The van der Waals surface area contributed by atoms with Crippen molar-refractivity contribution in [1.82, 2.24) is 0 Å². The van der Waals surface area contributed by atoms with Gasteiger partial charge in [-0.2, -0.15) is 0 Å². The lowest BCUT2D eigenvalue weighted by Gasteiger charge is -2.21. The monoisotopic (exact) mass is 1550 g/mol. The first kappa shape index (κ1) is 102. The summed E-state index contributed by atoms with van der Waals surface area (Å²) in [5.41, 5.74) is 0. The number of hydrogen-bond acceptors (Lipinski definition) is 15. The molecule has 0 radical (unpaired) electrons. The fourth-order valence-electron chi connectivity index (χ4n) is 10.5. The third-order valence-corrected chi connectivity index (χ3v) is 18.6. The Balaban J connectivity index is 5.44. The molecule has 614 valence electrons. The second-order valence-electron chi connectivity index (χ2n) is 26.9. The van der Waals surface area contributed by atoms with Gasteiger partial charge in [0.05, 0.1) is 26.4 Å². The smallest absolute Gasteiger partial charge is 0.462 e. The molecule has 0 aliphatic heterocycles. The van der Waals surface area contributed by atoms with Gasteiger partial charge in [-0.1, -0.05) is 281 Å². The number of carbonyl (C=O) groups is 4. The average molecular weight is 1550 g/mol. The van der Waals surface area contributed by atoms with Crippen LogP contribution >= 0.6 is 15.6 Å². The van der Waals surface area contributed by atoms with Gasteiger partial charge in [0.1, 0.15) is 19.3 Å². The Kier molecular flexibility index (Phi) is 75.4. The van der Waals surface area contributed by atoms with Crippen LogP contribution in [0.2, 0.25) is 0 Å². The molecule has 108 heavy (non-hydrogen) atoms. The molecule has 19 heteroatoms. The second-order valence-corrected chi connectivity index (χ2v) is 29.8. The van der Waals surface area contributed by atoms with E-state index in [0.717, 1.165) is 205 Å². The highest BCUT2D eigenvalue weighted by Gasteiger charge is 2.30. The molecule has 17 nitrogen and oxygen atoms in total. The van der Waals surface area contributed by atoms with Crippen molar-refractivity contribution >= 4 is 39.5 Å². The largest absolute Gasteiger partial charge is 0.472 e. The summed E-state index contributed by atoms with van der Waals surface area (Å²) < 4.78 is 68.7. The van der Waals surface area contributed by atoms with Crippen LogP contribution < -0.4 is 0 Å². The Morgan fingerprint density at radius 2 is 0.481 bits per heavy atom. The van der Waals surface area contributed by atoms with Gasteiger partial charge < -0.3 is 33.8 Å². The molecule has 5 unspecified atom stereocenters. The SMILES string of the molecule is CC/C=C\C/C=C\C/C=C\C/C=C\C/C=C\CCCCCC(=O)OCC(COP(=O)(O)OCC(O)COP(=O)(O)OCC(COC(=O)CCCCCCCC/C=C\C/C=C\C/C=C\C/C=C\CC)OC(=O)CCCCCCC/C=C\CCCCCC)OC(=O)CCCCCC/C=C\C/C=C\C/C=C\C/C=C\CC. The van der Waals surface area contributed by atoms with E-state index in [-0.39, 0.29) is 25.7 Å². The molecular formula is C89H146O17P2. The first-order valence-electron chi connectivity index (χ1n) is 41.4. The normalized spacial score (nSPS) is 14.7. The Morgan fingerprint density at radius 1 is 0.269 bits per heavy atom. The third-order valence-electron chi connectivity index (χ3n) is 16.7. The minimum Gasteiger partial charge on any atom is -0.462 e. The van der Waals surface area contributed by atoms with Gasteiger partial charge in [-0.3, -0.25) is 37.3 Å². The average Bonchev–Trinajstić information content (AvgIpc) is 0.886. The van der Waals surface area contributed by atoms with Gasteiger partial charge in [0, 0.05) is 25.7 Å². The third kappa shape index (κ3) is 78.5. The zero-order valence-corrected chi connectivity index (χ0v) is 69.0. The number of ether oxygens (including phenoxy) is 4. The van der Waals surface area contributed by atoms with E-state index in [1.807, 2.05) is 0 Å². The number of phosphoric ester groups is 2. The topological polar surface area (TPSA) is 237 Å². The Morgan fingerprint density at radius 3 is 0.759 bits per heavy atom. The number of allylic oxidation sites excluding steroid dienone is 28. The Bertz CT molecular complexity index is 2710. The predicted molar refractivity (Wildman–Crippen MR) is 445 cm³/mol. The molecule has 0 bridgehead atoms. The molecule has 5 atom stereocenters. The molecule has 0 saturated heterocycles. The number of esters is 4. The van der Waals surface area contributed by atoms with Crippen LogP contribution in [0.15, 0.2) is 170 Å². The van der Waals surface area contributed by atoms with E-state index in [9.17, 15) is 43.2 Å². The number of aliphatic hydroxyl groups excluding tert-OH is 1. The molecule has 0 heterocycles. The number of hydrogen-bond donors (Lipinski definition) is 3. The number of phosphoric acid groups is 2. The lowest BCUT2D eigenvalue weighted by molar-refractivity contribution is -0.161. The van der Waals surface area contributed by atoms with E-state index in [1.165, 1.54) is 25.7 Å². The standard InChI is InChI=1S/C89H146O17P2/c1-5-9-13-17-21-25-29-33-36-39-41-44-46-50-53-57-61-65-69-73-86(91)99-79-84(105-88(93)75-71-67-63-59-55-49-32-28-24-20-16-12-8-4)81-103-107(95,96)101-77-83(90)78-102-108(97,98)104-82-85(106-89(94)76-72-68-64-60-56-52-48-43-38-35-31-27-23-19-15-11-7-3)80-100-87(92)74-70-66-62-58-54-51-47-45-42-40-37-34-30-26-22-18-14-10-6-2/h9-11,13-15,21-23,25-28,32-38,41-42,44-45,48,51-52,54,83-85,90H,5-8,12,16-20,24,29-31,39-40,43,46-47,49-50,53,55-82H2,1-4H3,(H,95,96)(H,97,98)/b13-9-,14-10-,15-11-,25-21-,26-22-,27-23-,32-28-,36-33-,37-34-,38-35-,44-41-,45-42-,52-48-,54-51-. The van der Waals surface area contributed by atoms with Crippen LogP contribution in [0.3, 0.4) is 0 Å². The minimum absolute atomic E-state index is 0.0530. The molecule has 0 aromatic heterocycles. The van der Waals surface area contributed by atoms with Crippen LogP contribution in [-0.4, -0.2) is 96.7 Å². The molecule has 3 N–H and O–H groups in total. The van der Waals surface area contributed by atoms with E-state index in [2.05, 4.69) is 198 Å². The summed E-state index contributed by atoms with van der Waals surface area (Å²) in [6, 6.07) is 0. The van der Waals surface area contributed by atoms with E-state index in [4.69, 9.17) is 37.0 Å². The first-order valence-corrected chi connectivity index (χ1v) is 44.4. The zero-order chi connectivity index (χ0) is 78.9. The fourth-order valence-corrected chi connectivity index (χ4v) is 12.0. The van der Waals surface area contributed by atoms with Crippen LogP contribution in [0.25, 0.3) is 0 Å². The van der Waals surface area contributed by atoms with Gasteiger partial charge >= 0.3 is 39.5 Å². The van der Waals surface area contributed by atoms with Crippen molar-refractivity contribution in [3.05, 3.63) is 170 Å². The van der Waals surface area contributed by atoms with Crippen molar-refractivity contribution in [3.8, 4) is 0 Å². The lowest BCUT2D eigenvalue weighted by Crippen LogP contribution is -2.30. The van der Waals surface area contributed by atoms with Crippen molar-refractivity contribution < 1.29 is 80.2 Å². The maximum atomic E-state index is 13.1. The quantitative estimate of drug-likeness (QED) is 0.0169. The van der Waals surface area contributed by atoms with Crippen molar-refractivity contribution in [2.45, 2.75) is 329 Å². The van der Waals surface area contributed by atoms with Crippen LogP contribution in [0.4, 0.5) is 0 Å². The van der Waals surface area contributed by atoms with Gasteiger partial charge in [-0.25, -0.2) is 9.13 Å². The highest BCUT2D eigenvalue weighted by atomic mass is 31.2. The van der Waals surface area contributed by atoms with Crippen molar-refractivity contribution in [3.63, 3.8) is 0 Å². The second kappa shape index (κ2) is 79.5. The molecule has 0 fully saturated rings.